The standard InChI is InChI=1S/C24H21N3O5/c1-15-16(2)27(17-9-5-4-6-10-17)22(20(15)13-25)26-21(28)14-32-24(30)19-12-8-7-11-18(19)23(29)31-3/h4-12H,14H2,1-3H3,(H,26,28). The third kappa shape index (κ3) is 4.37. The van der Waals surface area contributed by atoms with Gasteiger partial charge in [0.05, 0.1) is 23.8 Å². The van der Waals surface area contributed by atoms with Crippen LogP contribution in [0.1, 0.15) is 37.5 Å². The molecule has 0 spiro atoms. The lowest BCUT2D eigenvalue weighted by molar-refractivity contribution is -0.119. The fourth-order valence-electron chi connectivity index (χ4n) is 3.29. The number of amides is 1. The Bertz CT molecular complexity index is 1220. The summed E-state index contributed by atoms with van der Waals surface area (Å²) in [5.41, 5.74) is 2.65. The number of nitrogens with zero attached hydrogens (tertiary/aromatic N) is 2. The first-order chi connectivity index (χ1) is 15.4. The number of hydrogen-bond acceptors (Lipinski definition) is 6. The average molecular weight is 431 g/mol. The highest BCUT2D eigenvalue weighted by Crippen LogP contribution is 2.29. The van der Waals surface area contributed by atoms with Crippen LogP contribution in [0, 0.1) is 25.2 Å². The Balaban J connectivity index is 1.81. The van der Waals surface area contributed by atoms with Crippen LogP contribution in [0.4, 0.5) is 5.82 Å². The summed E-state index contributed by atoms with van der Waals surface area (Å²) < 4.78 is 11.5. The third-order valence-electron chi connectivity index (χ3n) is 4.98. The normalized spacial score (nSPS) is 10.2. The molecule has 32 heavy (non-hydrogen) atoms. The van der Waals surface area contributed by atoms with Gasteiger partial charge in [0.1, 0.15) is 11.9 Å². The molecular formula is C24H21N3O5. The monoisotopic (exact) mass is 431 g/mol. The van der Waals surface area contributed by atoms with E-state index in [0.717, 1.165) is 16.9 Å². The van der Waals surface area contributed by atoms with E-state index in [1.54, 1.807) is 23.6 Å². The van der Waals surface area contributed by atoms with Crippen LogP contribution in [0.15, 0.2) is 54.6 Å². The van der Waals surface area contributed by atoms with Crippen LogP contribution in [-0.4, -0.2) is 36.1 Å². The van der Waals surface area contributed by atoms with Crippen LogP contribution >= 0.6 is 0 Å². The lowest BCUT2D eigenvalue weighted by Gasteiger charge is -2.13. The molecule has 2 aromatic carbocycles. The summed E-state index contributed by atoms with van der Waals surface area (Å²) in [6.45, 7) is 3.05. The number of hydrogen-bond donors (Lipinski definition) is 1. The SMILES string of the molecule is COC(=O)c1ccccc1C(=O)OCC(=O)Nc1c(C#N)c(C)c(C)n1-c1ccccc1. The van der Waals surface area contributed by atoms with Crippen LogP contribution in [0.3, 0.4) is 0 Å². The van der Waals surface area contributed by atoms with Gasteiger partial charge in [-0.3, -0.25) is 9.36 Å². The molecule has 162 valence electrons. The summed E-state index contributed by atoms with van der Waals surface area (Å²) in [5, 5.41) is 12.3. The predicted molar refractivity (Wildman–Crippen MR) is 117 cm³/mol. The molecule has 0 fully saturated rings. The summed E-state index contributed by atoms with van der Waals surface area (Å²) in [5.74, 6) is -1.86. The Morgan fingerprint density at radius 1 is 0.969 bits per heavy atom. The highest BCUT2D eigenvalue weighted by atomic mass is 16.5. The van der Waals surface area contributed by atoms with Crippen molar-refractivity contribution in [1.82, 2.24) is 4.57 Å². The van der Waals surface area contributed by atoms with Crippen molar-refractivity contribution in [3.63, 3.8) is 0 Å². The molecule has 1 heterocycles. The first-order valence-electron chi connectivity index (χ1n) is 9.70. The van der Waals surface area contributed by atoms with E-state index >= 15 is 0 Å². The highest BCUT2D eigenvalue weighted by molar-refractivity contribution is 6.04. The van der Waals surface area contributed by atoms with Crippen LogP contribution < -0.4 is 5.32 Å². The molecular weight excluding hydrogens is 410 g/mol. The van der Waals surface area contributed by atoms with Crippen LogP contribution in [0.2, 0.25) is 0 Å². The molecule has 0 aliphatic carbocycles. The zero-order chi connectivity index (χ0) is 23.3. The summed E-state index contributed by atoms with van der Waals surface area (Å²) >= 11 is 0. The minimum Gasteiger partial charge on any atom is -0.465 e. The van der Waals surface area contributed by atoms with E-state index in [9.17, 15) is 19.6 Å². The predicted octanol–water partition coefficient (Wildman–Crippen LogP) is 3.55. The number of carbonyl (C=O) groups is 3. The second-order valence-electron chi connectivity index (χ2n) is 6.88. The van der Waals surface area contributed by atoms with Crippen molar-refractivity contribution < 1.29 is 23.9 Å². The topological polar surface area (TPSA) is 110 Å². The Labute approximate surface area is 185 Å². The molecule has 1 amide bonds. The summed E-state index contributed by atoms with van der Waals surface area (Å²) in [4.78, 5) is 36.9. The van der Waals surface area contributed by atoms with Gasteiger partial charge in [-0.2, -0.15) is 5.26 Å². The van der Waals surface area contributed by atoms with Crippen LogP contribution in [-0.2, 0) is 14.3 Å². The Morgan fingerprint density at radius 2 is 1.56 bits per heavy atom. The summed E-state index contributed by atoms with van der Waals surface area (Å²) in [6, 6.07) is 17.4. The molecule has 0 saturated heterocycles. The molecule has 0 radical (unpaired) electrons. The van der Waals surface area contributed by atoms with Gasteiger partial charge in [0, 0.05) is 11.4 Å². The Morgan fingerprint density at radius 3 is 2.16 bits per heavy atom. The number of methoxy groups -OCH3 is 1. The minimum absolute atomic E-state index is 0.00999. The second-order valence-corrected chi connectivity index (χ2v) is 6.88. The molecule has 8 heteroatoms. The number of para-hydroxylation sites is 1. The van der Waals surface area contributed by atoms with Crippen molar-refractivity contribution in [2.24, 2.45) is 0 Å². The van der Waals surface area contributed by atoms with E-state index in [4.69, 9.17) is 4.74 Å². The third-order valence-corrected chi connectivity index (χ3v) is 4.98. The van der Waals surface area contributed by atoms with Gasteiger partial charge >= 0.3 is 11.9 Å². The van der Waals surface area contributed by atoms with Gasteiger partial charge in [0.25, 0.3) is 5.91 Å². The number of benzene rings is 2. The molecule has 1 aromatic heterocycles. The van der Waals surface area contributed by atoms with E-state index in [2.05, 4.69) is 16.1 Å². The number of rotatable bonds is 6. The van der Waals surface area contributed by atoms with Crippen molar-refractivity contribution >= 4 is 23.7 Å². The van der Waals surface area contributed by atoms with E-state index in [1.807, 2.05) is 37.3 Å². The molecule has 0 aliphatic heterocycles. The van der Waals surface area contributed by atoms with Crippen molar-refractivity contribution in [2.45, 2.75) is 13.8 Å². The van der Waals surface area contributed by atoms with Gasteiger partial charge in [-0.25, -0.2) is 9.59 Å². The Kier molecular flexibility index (Phi) is 6.71. The molecule has 3 rings (SSSR count). The van der Waals surface area contributed by atoms with E-state index in [1.165, 1.54) is 19.2 Å². The van der Waals surface area contributed by atoms with Crippen LogP contribution in [0.25, 0.3) is 5.69 Å². The summed E-state index contributed by atoms with van der Waals surface area (Å²) in [6.07, 6.45) is 0. The number of carbonyl (C=O) groups excluding carboxylic acids is 3. The molecule has 0 atom stereocenters. The van der Waals surface area contributed by atoms with Gasteiger partial charge in [-0.15, -0.1) is 0 Å². The quantitative estimate of drug-likeness (QED) is 0.598. The van der Waals surface area contributed by atoms with Crippen molar-refractivity contribution in [3.8, 4) is 11.8 Å². The van der Waals surface area contributed by atoms with Crippen molar-refractivity contribution in [2.75, 3.05) is 19.0 Å². The number of ether oxygens (including phenoxy) is 2. The lowest BCUT2D eigenvalue weighted by atomic mass is 10.1. The van der Waals surface area contributed by atoms with Crippen LogP contribution in [0.5, 0.6) is 0 Å². The lowest BCUT2D eigenvalue weighted by Crippen LogP contribution is -2.23. The minimum atomic E-state index is -0.840. The van der Waals surface area contributed by atoms with E-state index in [0.29, 0.717) is 11.4 Å². The fourth-order valence-corrected chi connectivity index (χ4v) is 3.29. The number of esters is 2. The van der Waals surface area contributed by atoms with Gasteiger partial charge < -0.3 is 14.8 Å². The van der Waals surface area contributed by atoms with E-state index in [-0.39, 0.29) is 11.1 Å². The molecule has 0 saturated carbocycles. The highest BCUT2D eigenvalue weighted by Gasteiger charge is 2.22. The zero-order valence-corrected chi connectivity index (χ0v) is 17.8. The number of anilines is 1. The molecule has 0 bridgehead atoms. The molecule has 3 aromatic rings. The first-order valence-corrected chi connectivity index (χ1v) is 9.70. The smallest absolute Gasteiger partial charge is 0.339 e. The maximum Gasteiger partial charge on any atom is 0.339 e. The second kappa shape index (κ2) is 9.62. The number of nitrogens with one attached hydrogen (secondary N) is 1. The Hall–Kier alpha value is -4.38. The molecule has 0 unspecified atom stereocenters. The van der Waals surface area contributed by atoms with Gasteiger partial charge in [0.2, 0.25) is 0 Å². The number of aromatic nitrogens is 1. The first kappa shape index (κ1) is 22.3. The van der Waals surface area contributed by atoms with Gasteiger partial charge in [0.15, 0.2) is 6.61 Å². The average Bonchev–Trinajstić information content (AvgIpc) is 3.06. The fraction of sp³-hybridized carbons (Fsp3) is 0.167. The molecule has 0 aliphatic rings. The summed E-state index contributed by atoms with van der Waals surface area (Å²) in [7, 11) is 1.20. The van der Waals surface area contributed by atoms with Gasteiger partial charge in [-0.1, -0.05) is 30.3 Å². The van der Waals surface area contributed by atoms with Crippen molar-refractivity contribution in [3.05, 3.63) is 82.5 Å². The van der Waals surface area contributed by atoms with E-state index < -0.39 is 24.5 Å². The van der Waals surface area contributed by atoms with Crippen molar-refractivity contribution in [1.29, 1.82) is 5.26 Å². The van der Waals surface area contributed by atoms with Gasteiger partial charge in [-0.05, 0) is 43.7 Å². The maximum atomic E-state index is 12.6. The maximum absolute atomic E-state index is 12.6. The largest absolute Gasteiger partial charge is 0.465 e. The molecule has 1 N–H and O–H groups in total. The molecule has 8 nitrogen and oxygen atoms in total. The zero-order valence-electron chi connectivity index (χ0n) is 17.8. The number of nitriles is 1.